The molecule has 154 valence electrons. The first-order chi connectivity index (χ1) is 13.8. The Kier molecular flexibility index (Phi) is 6.29. The summed E-state index contributed by atoms with van der Waals surface area (Å²) in [5, 5.41) is 12.5. The van der Waals surface area contributed by atoms with Crippen LogP contribution in [-0.2, 0) is 14.0 Å². The van der Waals surface area contributed by atoms with Crippen molar-refractivity contribution in [2.24, 2.45) is 0 Å². The second-order valence-corrected chi connectivity index (χ2v) is 12.8. The molecular formula is C24H30O4Si. The number of hydrogen-bond acceptors (Lipinski definition) is 4. The van der Waals surface area contributed by atoms with Crippen molar-refractivity contribution in [3.63, 3.8) is 0 Å². The van der Waals surface area contributed by atoms with Gasteiger partial charge in [0.2, 0.25) is 0 Å². The largest absolute Gasteiger partial charge is 0.512 e. The number of esters is 1. The molecule has 3 rings (SSSR count). The molecule has 1 aliphatic carbocycles. The molecule has 1 N–H and O–H groups in total. The number of benzene rings is 2. The SMILES string of the molecule is COC(=O)C1=C(O)CC[C@H](O[Si](c2ccccc2)(c2ccccc2)C(C)(C)C)C1. The summed E-state index contributed by atoms with van der Waals surface area (Å²) in [6.07, 6.45) is 1.30. The van der Waals surface area contributed by atoms with Crippen LogP contribution >= 0.6 is 0 Å². The van der Waals surface area contributed by atoms with Crippen molar-refractivity contribution >= 4 is 24.7 Å². The van der Waals surface area contributed by atoms with E-state index >= 15 is 0 Å². The minimum absolute atomic E-state index is 0.124. The Morgan fingerprint density at radius 2 is 1.52 bits per heavy atom. The molecular weight excluding hydrogens is 380 g/mol. The summed E-state index contributed by atoms with van der Waals surface area (Å²) in [6, 6.07) is 20.9. The predicted octanol–water partition coefficient (Wildman–Crippen LogP) is 4.10. The van der Waals surface area contributed by atoms with Gasteiger partial charge in [0, 0.05) is 12.8 Å². The molecule has 29 heavy (non-hydrogen) atoms. The highest BCUT2D eigenvalue weighted by atomic mass is 28.4. The van der Waals surface area contributed by atoms with Gasteiger partial charge in [-0.05, 0) is 21.8 Å². The van der Waals surface area contributed by atoms with Gasteiger partial charge in [0.25, 0.3) is 8.32 Å². The topological polar surface area (TPSA) is 55.8 Å². The van der Waals surface area contributed by atoms with E-state index in [0.29, 0.717) is 24.8 Å². The van der Waals surface area contributed by atoms with Gasteiger partial charge in [-0.15, -0.1) is 0 Å². The number of carbonyl (C=O) groups excluding carboxylic acids is 1. The van der Waals surface area contributed by atoms with Crippen LogP contribution in [0.1, 0.15) is 40.0 Å². The summed E-state index contributed by atoms with van der Waals surface area (Å²) in [6.45, 7) is 6.70. The van der Waals surface area contributed by atoms with Gasteiger partial charge in [0.1, 0.15) is 5.76 Å². The summed E-state index contributed by atoms with van der Waals surface area (Å²) < 4.78 is 11.9. The van der Waals surface area contributed by atoms with Crippen molar-refractivity contribution in [3.8, 4) is 0 Å². The van der Waals surface area contributed by atoms with E-state index in [9.17, 15) is 9.90 Å². The summed E-state index contributed by atoms with van der Waals surface area (Å²) in [5.41, 5.74) is 0.335. The van der Waals surface area contributed by atoms with E-state index in [1.165, 1.54) is 17.5 Å². The van der Waals surface area contributed by atoms with Gasteiger partial charge >= 0.3 is 5.97 Å². The summed E-state index contributed by atoms with van der Waals surface area (Å²) in [7, 11) is -1.35. The van der Waals surface area contributed by atoms with Crippen molar-refractivity contribution in [2.75, 3.05) is 7.11 Å². The zero-order chi connectivity index (χ0) is 21.1. The number of rotatable bonds is 5. The number of hydrogen-bond donors (Lipinski definition) is 1. The minimum Gasteiger partial charge on any atom is -0.512 e. The van der Waals surface area contributed by atoms with Crippen LogP contribution in [-0.4, -0.2) is 32.6 Å². The van der Waals surface area contributed by atoms with Crippen LogP contribution in [0, 0.1) is 0 Å². The number of ether oxygens (including phenoxy) is 1. The van der Waals surface area contributed by atoms with Crippen LogP contribution < -0.4 is 10.4 Å². The van der Waals surface area contributed by atoms with Gasteiger partial charge in [-0.1, -0.05) is 81.4 Å². The van der Waals surface area contributed by atoms with Crippen molar-refractivity contribution in [1.82, 2.24) is 0 Å². The average Bonchev–Trinajstić information content (AvgIpc) is 2.73. The molecule has 0 aliphatic heterocycles. The van der Waals surface area contributed by atoms with Gasteiger partial charge < -0.3 is 14.3 Å². The van der Waals surface area contributed by atoms with E-state index in [4.69, 9.17) is 9.16 Å². The van der Waals surface area contributed by atoms with Gasteiger partial charge in [0.15, 0.2) is 0 Å². The molecule has 0 saturated carbocycles. The fourth-order valence-corrected chi connectivity index (χ4v) is 8.98. The lowest BCUT2D eigenvalue weighted by Crippen LogP contribution is -2.67. The molecule has 0 amide bonds. The maximum Gasteiger partial charge on any atom is 0.337 e. The van der Waals surface area contributed by atoms with Crippen LogP contribution in [0.5, 0.6) is 0 Å². The van der Waals surface area contributed by atoms with Crippen LogP contribution in [0.4, 0.5) is 0 Å². The van der Waals surface area contributed by atoms with Crippen LogP contribution in [0.15, 0.2) is 72.0 Å². The maximum atomic E-state index is 12.1. The lowest BCUT2D eigenvalue weighted by molar-refractivity contribution is -0.137. The quantitative estimate of drug-likeness (QED) is 0.596. The van der Waals surface area contributed by atoms with Crippen LogP contribution in [0.3, 0.4) is 0 Å². The molecule has 5 heteroatoms. The van der Waals surface area contributed by atoms with E-state index in [2.05, 4.69) is 69.3 Å². The van der Waals surface area contributed by atoms with Crippen molar-refractivity contribution in [3.05, 3.63) is 72.0 Å². The fraction of sp³-hybridized carbons (Fsp3) is 0.375. The number of allylic oxidation sites excluding steroid dienone is 1. The third-order valence-corrected chi connectivity index (χ3v) is 10.8. The Labute approximate surface area is 174 Å². The molecule has 0 unspecified atom stereocenters. The molecule has 0 aromatic heterocycles. The summed E-state index contributed by atoms with van der Waals surface area (Å²) in [5.74, 6) is -0.350. The van der Waals surface area contributed by atoms with Crippen molar-refractivity contribution in [2.45, 2.75) is 51.2 Å². The number of carbonyl (C=O) groups is 1. The van der Waals surface area contributed by atoms with E-state index in [1.54, 1.807) is 0 Å². The predicted molar refractivity (Wildman–Crippen MR) is 118 cm³/mol. The summed E-state index contributed by atoms with van der Waals surface area (Å²) >= 11 is 0. The molecule has 1 atom stereocenters. The minimum atomic E-state index is -2.69. The first-order valence-electron chi connectivity index (χ1n) is 10.1. The molecule has 1 aliphatic rings. The summed E-state index contributed by atoms with van der Waals surface area (Å²) in [4.78, 5) is 12.1. The second-order valence-electron chi connectivity index (χ2n) is 8.56. The highest BCUT2D eigenvalue weighted by Crippen LogP contribution is 2.39. The van der Waals surface area contributed by atoms with Crippen LogP contribution in [0.2, 0.25) is 5.04 Å². The lowest BCUT2D eigenvalue weighted by atomic mass is 9.95. The molecule has 0 spiro atoms. The third-order valence-electron chi connectivity index (χ3n) is 5.68. The standard InChI is InChI=1S/C24H30O4Si/c1-24(2,3)29(19-11-7-5-8-12-19,20-13-9-6-10-14-20)28-18-15-16-22(25)21(17-18)23(26)27-4/h5-14,18,25H,15-17H2,1-4H3/t18-/m0/s1. The molecule has 0 bridgehead atoms. The fourth-order valence-electron chi connectivity index (χ4n) is 4.26. The van der Waals surface area contributed by atoms with E-state index < -0.39 is 14.3 Å². The van der Waals surface area contributed by atoms with E-state index in [1.807, 2.05) is 12.1 Å². The molecule has 2 aromatic carbocycles. The zero-order valence-corrected chi connectivity index (χ0v) is 18.6. The first kappa shape index (κ1) is 21.3. The second kappa shape index (κ2) is 8.55. The highest BCUT2D eigenvalue weighted by molar-refractivity contribution is 6.99. The molecule has 0 saturated heterocycles. The van der Waals surface area contributed by atoms with E-state index in [-0.39, 0.29) is 16.9 Å². The normalized spacial score (nSPS) is 17.9. The average molecular weight is 411 g/mol. The molecule has 4 nitrogen and oxygen atoms in total. The molecule has 2 aromatic rings. The zero-order valence-electron chi connectivity index (χ0n) is 17.6. The third kappa shape index (κ3) is 4.16. The first-order valence-corrected chi connectivity index (χ1v) is 12.0. The number of methoxy groups -OCH3 is 1. The Morgan fingerprint density at radius 1 is 1.00 bits per heavy atom. The number of aliphatic hydroxyl groups excluding tert-OH is 1. The van der Waals surface area contributed by atoms with Gasteiger partial charge in [0.05, 0.1) is 18.8 Å². The Bertz CT molecular complexity index is 829. The van der Waals surface area contributed by atoms with E-state index in [0.717, 1.165) is 0 Å². The molecule has 0 fully saturated rings. The molecule has 0 radical (unpaired) electrons. The van der Waals surface area contributed by atoms with Gasteiger partial charge in [-0.2, -0.15) is 0 Å². The van der Waals surface area contributed by atoms with Crippen LogP contribution in [0.25, 0.3) is 0 Å². The highest BCUT2D eigenvalue weighted by Gasteiger charge is 2.51. The smallest absolute Gasteiger partial charge is 0.337 e. The Hall–Kier alpha value is -2.37. The van der Waals surface area contributed by atoms with Crippen molar-refractivity contribution < 1.29 is 19.1 Å². The Morgan fingerprint density at radius 3 is 1.97 bits per heavy atom. The lowest BCUT2D eigenvalue weighted by Gasteiger charge is -2.45. The Balaban J connectivity index is 2.09. The van der Waals surface area contributed by atoms with Gasteiger partial charge in [-0.25, -0.2) is 4.79 Å². The molecule has 0 heterocycles. The number of aliphatic hydroxyl groups is 1. The van der Waals surface area contributed by atoms with Gasteiger partial charge in [-0.3, -0.25) is 0 Å². The monoisotopic (exact) mass is 410 g/mol. The maximum absolute atomic E-state index is 12.1. The van der Waals surface area contributed by atoms with Crippen molar-refractivity contribution in [1.29, 1.82) is 0 Å².